The smallest absolute Gasteiger partial charge is 0.178 e. The summed E-state index contributed by atoms with van der Waals surface area (Å²) in [4.78, 5) is 8.96. The first-order valence-corrected chi connectivity index (χ1v) is 7.85. The predicted molar refractivity (Wildman–Crippen MR) is 87.2 cm³/mol. The summed E-state index contributed by atoms with van der Waals surface area (Å²) >= 11 is 0. The van der Waals surface area contributed by atoms with Gasteiger partial charge in [0, 0.05) is 45.1 Å². The van der Waals surface area contributed by atoms with Crippen LogP contribution in [0.4, 0.5) is 5.82 Å². The first-order chi connectivity index (χ1) is 11.3. The van der Waals surface area contributed by atoms with E-state index in [1.807, 2.05) is 37.5 Å². The largest absolute Gasteiger partial charge is 0.353 e. The molecule has 0 atom stereocenters. The summed E-state index contributed by atoms with van der Waals surface area (Å²) in [5.74, 6) is 1.80. The molecule has 1 fully saturated rings. The van der Waals surface area contributed by atoms with E-state index in [4.69, 9.17) is 0 Å². The summed E-state index contributed by atoms with van der Waals surface area (Å²) in [5, 5.41) is 12.8. The number of hydrogen-bond donors (Lipinski definition) is 0. The fourth-order valence-corrected chi connectivity index (χ4v) is 2.94. The molecule has 0 bridgehead atoms. The van der Waals surface area contributed by atoms with Crippen LogP contribution in [0.25, 0.3) is 5.65 Å². The number of rotatable bonds is 3. The van der Waals surface area contributed by atoms with Crippen molar-refractivity contribution in [2.75, 3.05) is 31.1 Å². The molecular weight excluding hydrogens is 290 g/mol. The summed E-state index contributed by atoms with van der Waals surface area (Å²) in [7, 11) is 0. The molecular formula is C16H19N7. The zero-order valence-corrected chi connectivity index (χ0v) is 13.1. The quantitative estimate of drug-likeness (QED) is 0.723. The van der Waals surface area contributed by atoms with E-state index in [1.54, 1.807) is 4.52 Å². The van der Waals surface area contributed by atoms with Crippen molar-refractivity contribution in [3.8, 4) is 0 Å². The highest BCUT2D eigenvalue weighted by atomic mass is 15.4. The topological polar surface area (TPSA) is 62.5 Å². The van der Waals surface area contributed by atoms with Crippen molar-refractivity contribution < 1.29 is 0 Å². The minimum atomic E-state index is 0.793. The first kappa shape index (κ1) is 14.1. The minimum Gasteiger partial charge on any atom is -0.353 e. The van der Waals surface area contributed by atoms with Crippen LogP contribution in [0.3, 0.4) is 0 Å². The molecule has 0 N–H and O–H groups in total. The van der Waals surface area contributed by atoms with Crippen LogP contribution < -0.4 is 4.90 Å². The Morgan fingerprint density at radius 2 is 1.91 bits per heavy atom. The van der Waals surface area contributed by atoms with E-state index in [2.05, 4.69) is 36.1 Å². The summed E-state index contributed by atoms with van der Waals surface area (Å²) in [5.41, 5.74) is 2.06. The van der Waals surface area contributed by atoms with E-state index in [0.717, 1.165) is 50.0 Å². The third kappa shape index (κ3) is 2.87. The lowest BCUT2D eigenvalue weighted by atomic mass is 10.2. The fourth-order valence-electron chi connectivity index (χ4n) is 2.94. The second kappa shape index (κ2) is 5.92. The molecule has 0 aromatic carbocycles. The second-order valence-electron chi connectivity index (χ2n) is 5.83. The van der Waals surface area contributed by atoms with Gasteiger partial charge in [-0.15, -0.1) is 15.3 Å². The Hall–Kier alpha value is -2.54. The van der Waals surface area contributed by atoms with Gasteiger partial charge in [-0.1, -0.05) is 6.07 Å². The van der Waals surface area contributed by atoms with E-state index in [0.29, 0.717) is 0 Å². The number of piperazine rings is 1. The van der Waals surface area contributed by atoms with Crippen LogP contribution in [0.15, 0.2) is 36.7 Å². The second-order valence-corrected chi connectivity index (χ2v) is 5.83. The molecule has 1 aliphatic heterocycles. The Morgan fingerprint density at radius 3 is 2.70 bits per heavy atom. The van der Waals surface area contributed by atoms with Gasteiger partial charge >= 0.3 is 0 Å². The molecule has 7 heteroatoms. The van der Waals surface area contributed by atoms with Gasteiger partial charge in [-0.2, -0.15) is 4.52 Å². The normalized spacial score (nSPS) is 16.1. The van der Waals surface area contributed by atoms with E-state index in [9.17, 15) is 0 Å². The Labute approximate surface area is 134 Å². The highest BCUT2D eigenvalue weighted by Crippen LogP contribution is 2.15. The molecule has 0 spiro atoms. The third-order valence-corrected chi connectivity index (χ3v) is 4.23. The Kier molecular flexibility index (Phi) is 3.63. The van der Waals surface area contributed by atoms with Crippen molar-refractivity contribution in [1.82, 2.24) is 29.7 Å². The summed E-state index contributed by atoms with van der Waals surface area (Å²) in [6.07, 6.45) is 3.76. The van der Waals surface area contributed by atoms with Gasteiger partial charge in [-0.3, -0.25) is 9.88 Å². The van der Waals surface area contributed by atoms with Gasteiger partial charge in [0.2, 0.25) is 0 Å². The van der Waals surface area contributed by atoms with E-state index >= 15 is 0 Å². The van der Waals surface area contributed by atoms with Gasteiger partial charge in [0.05, 0.1) is 0 Å². The highest BCUT2D eigenvalue weighted by molar-refractivity contribution is 5.46. The van der Waals surface area contributed by atoms with Crippen LogP contribution in [0, 0.1) is 6.92 Å². The number of aromatic nitrogens is 5. The molecule has 3 aromatic rings. The maximum Gasteiger partial charge on any atom is 0.178 e. The molecule has 1 saturated heterocycles. The lowest BCUT2D eigenvalue weighted by Gasteiger charge is -2.35. The minimum absolute atomic E-state index is 0.793. The molecule has 1 aliphatic rings. The van der Waals surface area contributed by atoms with Crippen LogP contribution in [0.1, 0.15) is 11.4 Å². The van der Waals surface area contributed by atoms with Crippen molar-refractivity contribution in [3.63, 3.8) is 0 Å². The van der Waals surface area contributed by atoms with Crippen molar-refractivity contribution >= 4 is 11.5 Å². The zero-order chi connectivity index (χ0) is 15.6. The summed E-state index contributed by atoms with van der Waals surface area (Å²) in [6.45, 7) is 6.87. The van der Waals surface area contributed by atoms with E-state index in [1.165, 1.54) is 5.56 Å². The Balaban J connectivity index is 1.43. The summed E-state index contributed by atoms with van der Waals surface area (Å²) < 4.78 is 1.80. The highest BCUT2D eigenvalue weighted by Gasteiger charge is 2.19. The molecule has 0 radical (unpaired) electrons. The van der Waals surface area contributed by atoms with Crippen molar-refractivity contribution in [1.29, 1.82) is 0 Å². The first-order valence-electron chi connectivity index (χ1n) is 7.85. The number of anilines is 1. The van der Waals surface area contributed by atoms with Gasteiger partial charge in [-0.25, -0.2) is 0 Å². The Morgan fingerprint density at radius 1 is 1.04 bits per heavy atom. The van der Waals surface area contributed by atoms with E-state index in [-0.39, 0.29) is 0 Å². The molecule has 4 rings (SSSR count). The van der Waals surface area contributed by atoms with E-state index < -0.39 is 0 Å². The standard InChI is InChI=1S/C16H19N7/c1-13-18-19-15-4-5-16(20-23(13)15)22-9-7-21(8-10-22)12-14-3-2-6-17-11-14/h2-6,11H,7-10,12H2,1H3. The molecule has 7 nitrogen and oxygen atoms in total. The number of hydrogen-bond acceptors (Lipinski definition) is 6. The van der Waals surface area contributed by atoms with Gasteiger partial charge in [0.25, 0.3) is 0 Å². The molecule has 0 unspecified atom stereocenters. The number of fused-ring (bicyclic) bond motifs is 1. The van der Waals surface area contributed by atoms with Crippen LogP contribution in [-0.2, 0) is 6.54 Å². The zero-order valence-electron chi connectivity index (χ0n) is 13.1. The van der Waals surface area contributed by atoms with Crippen LogP contribution in [0.2, 0.25) is 0 Å². The number of aryl methyl sites for hydroxylation is 1. The van der Waals surface area contributed by atoms with Gasteiger partial charge in [0.1, 0.15) is 5.82 Å². The van der Waals surface area contributed by atoms with Crippen molar-refractivity contribution in [2.24, 2.45) is 0 Å². The molecule has 0 amide bonds. The van der Waals surface area contributed by atoms with Gasteiger partial charge in [-0.05, 0) is 30.7 Å². The third-order valence-electron chi connectivity index (χ3n) is 4.23. The fraction of sp³-hybridized carbons (Fsp3) is 0.375. The predicted octanol–water partition coefficient (Wildman–Crippen LogP) is 1.15. The summed E-state index contributed by atoms with van der Waals surface area (Å²) in [6, 6.07) is 8.13. The lowest BCUT2D eigenvalue weighted by Crippen LogP contribution is -2.46. The molecule has 0 aliphatic carbocycles. The maximum atomic E-state index is 4.66. The van der Waals surface area contributed by atoms with Crippen molar-refractivity contribution in [2.45, 2.75) is 13.5 Å². The Bertz CT molecular complexity index is 791. The molecule has 118 valence electrons. The van der Waals surface area contributed by atoms with Crippen molar-refractivity contribution in [3.05, 3.63) is 48.0 Å². The molecule has 0 saturated carbocycles. The average Bonchev–Trinajstić information content (AvgIpc) is 2.97. The van der Waals surface area contributed by atoms with Gasteiger partial charge in [0.15, 0.2) is 11.5 Å². The number of nitrogens with zero attached hydrogens (tertiary/aromatic N) is 7. The SMILES string of the molecule is Cc1nnc2ccc(N3CCN(Cc4cccnc4)CC3)nn12. The van der Waals surface area contributed by atoms with Crippen LogP contribution in [0.5, 0.6) is 0 Å². The van der Waals surface area contributed by atoms with Crippen LogP contribution >= 0.6 is 0 Å². The molecule has 3 aromatic heterocycles. The average molecular weight is 309 g/mol. The molecule has 23 heavy (non-hydrogen) atoms. The van der Waals surface area contributed by atoms with Gasteiger partial charge < -0.3 is 4.90 Å². The maximum absolute atomic E-state index is 4.66. The van der Waals surface area contributed by atoms with Crippen LogP contribution in [-0.4, -0.2) is 55.9 Å². The molecule has 4 heterocycles. The number of pyridine rings is 1. The monoisotopic (exact) mass is 309 g/mol. The lowest BCUT2D eigenvalue weighted by molar-refractivity contribution is 0.249.